The summed E-state index contributed by atoms with van der Waals surface area (Å²) >= 11 is 0. The van der Waals surface area contributed by atoms with E-state index >= 15 is 0 Å². The maximum Gasteiger partial charge on any atom is 0.354 e. The summed E-state index contributed by atoms with van der Waals surface area (Å²) in [5.41, 5.74) is 3.84. The molecule has 1 heterocycles. The van der Waals surface area contributed by atoms with Gasteiger partial charge in [-0.15, -0.1) is 0 Å². The number of ether oxygens (including phenoxy) is 1. The number of amides is 1. The molecule has 4 aromatic rings. The number of carboxylic acids is 1. The number of carboxylic acid groups (broad SMARTS) is 1. The molecule has 6 heteroatoms. The highest BCUT2D eigenvalue weighted by Crippen LogP contribution is 2.21. The number of carbonyl (C=O) groups is 2. The predicted octanol–water partition coefficient (Wildman–Crippen LogP) is 5.32. The molecule has 0 saturated carbocycles. The fourth-order valence-electron chi connectivity index (χ4n) is 3.30. The fraction of sp³-hybridized carbons (Fsp3) is 0.0741. The average Bonchev–Trinajstić information content (AvgIpc) is 2.86. The van der Waals surface area contributed by atoms with Crippen LogP contribution in [0.2, 0.25) is 0 Å². The summed E-state index contributed by atoms with van der Waals surface area (Å²) in [6, 6.07) is 27.6. The number of benzene rings is 3. The zero-order valence-corrected chi connectivity index (χ0v) is 17.8. The van der Waals surface area contributed by atoms with E-state index in [0.29, 0.717) is 17.9 Å². The maximum absolute atomic E-state index is 12.7. The molecule has 33 heavy (non-hydrogen) atoms. The van der Waals surface area contributed by atoms with Crippen LogP contribution in [0, 0.1) is 0 Å². The predicted molar refractivity (Wildman–Crippen MR) is 127 cm³/mol. The second-order valence-corrected chi connectivity index (χ2v) is 7.38. The molecule has 0 aliphatic heterocycles. The first-order chi connectivity index (χ1) is 16.1. The molecule has 6 nitrogen and oxygen atoms in total. The van der Waals surface area contributed by atoms with Gasteiger partial charge in [0, 0.05) is 29.4 Å². The molecule has 0 atom stereocenters. The molecular weight excluding hydrogens is 416 g/mol. The Morgan fingerprint density at radius 3 is 2.33 bits per heavy atom. The smallest absolute Gasteiger partial charge is 0.354 e. The lowest BCUT2D eigenvalue weighted by molar-refractivity contribution is 0.0690. The largest absolute Gasteiger partial charge is 0.493 e. The van der Waals surface area contributed by atoms with Gasteiger partial charge in [-0.3, -0.25) is 4.79 Å². The van der Waals surface area contributed by atoms with Gasteiger partial charge in [-0.1, -0.05) is 48.5 Å². The van der Waals surface area contributed by atoms with E-state index in [1.54, 1.807) is 36.4 Å². The number of nitrogens with zero attached hydrogens (tertiary/aromatic N) is 1. The number of nitrogens with one attached hydrogen (secondary N) is 1. The maximum atomic E-state index is 12.7. The van der Waals surface area contributed by atoms with Crippen LogP contribution in [-0.2, 0) is 6.42 Å². The minimum atomic E-state index is -1.08. The number of hydrogen-bond donors (Lipinski definition) is 2. The first kappa shape index (κ1) is 21.8. The number of aromatic carboxylic acids is 1. The summed E-state index contributed by atoms with van der Waals surface area (Å²) in [6.07, 6.45) is 2.31. The van der Waals surface area contributed by atoms with Crippen LogP contribution in [0.15, 0.2) is 97.2 Å². The number of rotatable bonds is 8. The van der Waals surface area contributed by atoms with Gasteiger partial charge in [0.15, 0.2) is 0 Å². The topological polar surface area (TPSA) is 88.5 Å². The van der Waals surface area contributed by atoms with E-state index < -0.39 is 5.97 Å². The fourth-order valence-corrected chi connectivity index (χ4v) is 3.30. The minimum absolute atomic E-state index is 0.0276. The average molecular weight is 438 g/mol. The monoisotopic (exact) mass is 438 g/mol. The highest BCUT2D eigenvalue weighted by molar-refractivity contribution is 6.05. The second-order valence-electron chi connectivity index (χ2n) is 7.38. The molecule has 0 bridgehead atoms. The van der Waals surface area contributed by atoms with Gasteiger partial charge in [0.2, 0.25) is 0 Å². The van der Waals surface area contributed by atoms with Gasteiger partial charge in [0.25, 0.3) is 5.91 Å². The van der Waals surface area contributed by atoms with Crippen molar-refractivity contribution in [2.75, 3.05) is 11.9 Å². The normalized spacial score (nSPS) is 10.4. The quantitative estimate of drug-likeness (QED) is 0.389. The minimum Gasteiger partial charge on any atom is -0.493 e. The van der Waals surface area contributed by atoms with Crippen LogP contribution in [0.25, 0.3) is 11.1 Å². The van der Waals surface area contributed by atoms with E-state index in [0.717, 1.165) is 23.3 Å². The van der Waals surface area contributed by atoms with Crippen LogP contribution in [0.5, 0.6) is 5.75 Å². The van der Waals surface area contributed by atoms with Crippen molar-refractivity contribution >= 4 is 17.6 Å². The molecule has 1 aromatic heterocycles. The van der Waals surface area contributed by atoms with Crippen LogP contribution in [-0.4, -0.2) is 28.6 Å². The Morgan fingerprint density at radius 2 is 1.64 bits per heavy atom. The number of anilines is 1. The van der Waals surface area contributed by atoms with Crippen molar-refractivity contribution in [3.05, 3.63) is 114 Å². The summed E-state index contributed by atoms with van der Waals surface area (Å²) in [5, 5.41) is 11.9. The third-order valence-electron chi connectivity index (χ3n) is 5.06. The lowest BCUT2D eigenvalue weighted by Gasteiger charge is -2.09. The van der Waals surface area contributed by atoms with E-state index in [2.05, 4.69) is 22.4 Å². The van der Waals surface area contributed by atoms with Crippen LogP contribution >= 0.6 is 0 Å². The zero-order chi connectivity index (χ0) is 23.0. The first-order valence-corrected chi connectivity index (χ1v) is 10.5. The Bertz CT molecular complexity index is 1240. The van der Waals surface area contributed by atoms with Gasteiger partial charge in [0.1, 0.15) is 11.4 Å². The molecule has 4 rings (SSSR count). The lowest BCUT2D eigenvalue weighted by atomic mass is 10.0. The summed E-state index contributed by atoms with van der Waals surface area (Å²) in [6.45, 7) is 0.574. The summed E-state index contributed by atoms with van der Waals surface area (Å²) in [7, 11) is 0. The third kappa shape index (κ3) is 5.83. The van der Waals surface area contributed by atoms with Crippen LogP contribution in [0.3, 0.4) is 0 Å². The molecule has 0 saturated heterocycles. The molecule has 0 unspecified atom stereocenters. The van der Waals surface area contributed by atoms with E-state index in [9.17, 15) is 9.59 Å². The standard InChI is InChI=1S/C27H22N2O4/c30-26(21-8-4-7-20(17-21)22-9-14-25(27(31)32)28-18-22)29-23-10-12-24(13-11-23)33-16-15-19-5-2-1-3-6-19/h1-14,17-18H,15-16H2,(H,29,30)(H,31,32). The molecule has 164 valence electrons. The molecule has 0 aliphatic rings. The third-order valence-corrected chi connectivity index (χ3v) is 5.06. The summed E-state index contributed by atoms with van der Waals surface area (Å²) in [4.78, 5) is 27.6. The molecule has 3 aromatic carbocycles. The van der Waals surface area contributed by atoms with Crippen molar-refractivity contribution in [2.24, 2.45) is 0 Å². The van der Waals surface area contributed by atoms with Crippen LogP contribution in [0.1, 0.15) is 26.4 Å². The SMILES string of the molecule is O=C(Nc1ccc(OCCc2ccccc2)cc1)c1cccc(-c2ccc(C(=O)O)nc2)c1. The molecular formula is C27H22N2O4. The van der Waals surface area contributed by atoms with E-state index in [4.69, 9.17) is 9.84 Å². The van der Waals surface area contributed by atoms with Gasteiger partial charge in [-0.25, -0.2) is 9.78 Å². The van der Waals surface area contributed by atoms with Gasteiger partial charge in [-0.2, -0.15) is 0 Å². The zero-order valence-electron chi connectivity index (χ0n) is 17.8. The van der Waals surface area contributed by atoms with Crippen molar-refractivity contribution in [3.8, 4) is 16.9 Å². The molecule has 0 fully saturated rings. The summed E-state index contributed by atoms with van der Waals surface area (Å²) in [5.74, 6) is -0.588. The number of carbonyl (C=O) groups excluding carboxylic acids is 1. The van der Waals surface area contributed by atoms with Gasteiger partial charge < -0.3 is 15.2 Å². The highest BCUT2D eigenvalue weighted by atomic mass is 16.5. The highest BCUT2D eigenvalue weighted by Gasteiger charge is 2.10. The Balaban J connectivity index is 1.36. The molecule has 0 radical (unpaired) electrons. The van der Waals surface area contributed by atoms with Crippen molar-refractivity contribution in [1.29, 1.82) is 0 Å². The van der Waals surface area contributed by atoms with Gasteiger partial charge in [0.05, 0.1) is 6.61 Å². The Kier molecular flexibility index (Phi) is 6.75. The van der Waals surface area contributed by atoms with E-state index in [1.165, 1.54) is 17.8 Å². The van der Waals surface area contributed by atoms with Crippen LogP contribution in [0.4, 0.5) is 5.69 Å². The molecule has 0 spiro atoms. The van der Waals surface area contributed by atoms with Crippen molar-refractivity contribution in [1.82, 2.24) is 4.98 Å². The van der Waals surface area contributed by atoms with E-state index in [-0.39, 0.29) is 11.6 Å². The number of pyridine rings is 1. The Morgan fingerprint density at radius 1 is 0.848 bits per heavy atom. The Labute approximate surface area is 191 Å². The van der Waals surface area contributed by atoms with E-state index in [1.807, 2.05) is 36.4 Å². The molecule has 1 amide bonds. The van der Waals surface area contributed by atoms with Crippen molar-refractivity contribution in [2.45, 2.75) is 6.42 Å². The molecule has 2 N–H and O–H groups in total. The van der Waals surface area contributed by atoms with Gasteiger partial charge >= 0.3 is 5.97 Å². The number of aromatic nitrogens is 1. The lowest BCUT2D eigenvalue weighted by Crippen LogP contribution is -2.11. The van der Waals surface area contributed by atoms with Crippen LogP contribution < -0.4 is 10.1 Å². The van der Waals surface area contributed by atoms with Crippen molar-refractivity contribution in [3.63, 3.8) is 0 Å². The van der Waals surface area contributed by atoms with Crippen molar-refractivity contribution < 1.29 is 19.4 Å². The Hall–Kier alpha value is -4.45. The second kappa shape index (κ2) is 10.2. The molecule has 0 aliphatic carbocycles. The van der Waals surface area contributed by atoms with Gasteiger partial charge in [-0.05, 0) is 53.6 Å². The summed E-state index contributed by atoms with van der Waals surface area (Å²) < 4.78 is 5.79. The number of hydrogen-bond acceptors (Lipinski definition) is 4. The first-order valence-electron chi connectivity index (χ1n) is 10.5.